The molecule has 0 unspecified atom stereocenters. The first-order valence-corrected chi connectivity index (χ1v) is 9.84. The predicted octanol–water partition coefficient (Wildman–Crippen LogP) is 4.62. The number of ether oxygens (including phenoxy) is 1. The van der Waals surface area contributed by atoms with Crippen LogP contribution in [-0.4, -0.2) is 24.8 Å². The van der Waals surface area contributed by atoms with Gasteiger partial charge in [-0.05, 0) is 50.5 Å². The fraction of sp³-hybridized carbons (Fsp3) is 0.381. The van der Waals surface area contributed by atoms with E-state index >= 15 is 0 Å². The number of benzene rings is 2. The molecule has 0 bridgehead atoms. The Balaban J connectivity index is 1.61. The second-order valence-corrected chi connectivity index (χ2v) is 7.07. The number of thioether (sulfide) groups is 1. The highest BCUT2D eigenvalue weighted by molar-refractivity contribution is 7.99. The van der Waals surface area contributed by atoms with Gasteiger partial charge in [0.15, 0.2) is 0 Å². The van der Waals surface area contributed by atoms with E-state index in [9.17, 15) is 4.79 Å². The Bertz CT molecular complexity index is 655. The average molecular weight is 358 g/mol. The third kappa shape index (κ3) is 7.22. The van der Waals surface area contributed by atoms with Crippen LogP contribution in [0.15, 0.2) is 53.4 Å². The molecule has 2 aromatic rings. The summed E-state index contributed by atoms with van der Waals surface area (Å²) in [5, 5.41) is 3.01. The predicted molar refractivity (Wildman–Crippen MR) is 105 cm³/mol. The van der Waals surface area contributed by atoms with E-state index in [2.05, 4.69) is 42.6 Å². The third-order valence-electron chi connectivity index (χ3n) is 3.84. The van der Waals surface area contributed by atoms with Crippen molar-refractivity contribution in [3.05, 3.63) is 59.7 Å². The van der Waals surface area contributed by atoms with Gasteiger partial charge in [-0.1, -0.05) is 35.9 Å². The number of carbonyl (C=O) groups excluding carboxylic acids is 1. The molecule has 0 atom stereocenters. The quantitative estimate of drug-likeness (QED) is 0.498. The SMILES string of the molecule is CCOc1ccccc1CCCNC(=O)CCSc1ccc(C)cc1. The van der Waals surface area contributed by atoms with E-state index < -0.39 is 0 Å². The van der Waals surface area contributed by atoms with Gasteiger partial charge < -0.3 is 10.1 Å². The maximum atomic E-state index is 11.9. The summed E-state index contributed by atoms with van der Waals surface area (Å²) in [6.07, 6.45) is 2.38. The molecule has 4 heteroatoms. The number of nitrogens with one attached hydrogen (secondary N) is 1. The molecule has 2 aromatic carbocycles. The first kappa shape index (κ1) is 19.4. The van der Waals surface area contributed by atoms with Crippen molar-refractivity contribution in [2.75, 3.05) is 18.9 Å². The molecule has 134 valence electrons. The molecular formula is C21H27NO2S. The molecule has 1 N–H and O–H groups in total. The van der Waals surface area contributed by atoms with Gasteiger partial charge in [-0.3, -0.25) is 4.79 Å². The Morgan fingerprint density at radius 2 is 1.88 bits per heavy atom. The second-order valence-electron chi connectivity index (χ2n) is 5.91. The fourth-order valence-corrected chi connectivity index (χ4v) is 3.35. The lowest BCUT2D eigenvalue weighted by molar-refractivity contribution is -0.120. The van der Waals surface area contributed by atoms with Crippen LogP contribution in [0.1, 0.15) is 30.9 Å². The number of para-hydroxylation sites is 1. The highest BCUT2D eigenvalue weighted by atomic mass is 32.2. The lowest BCUT2D eigenvalue weighted by Gasteiger charge is -2.10. The van der Waals surface area contributed by atoms with Crippen molar-refractivity contribution in [1.29, 1.82) is 0 Å². The van der Waals surface area contributed by atoms with Crippen molar-refractivity contribution >= 4 is 17.7 Å². The van der Waals surface area contributed by atoms with Crippen LogP contribution in [0, 0.1) is 6.92 Å². The van der Waals surface area contributed by atoms with Gasteiger partial charge in [0.05, 0.1) is 6.61 Å². The van der Waals surface area contributed by atoms with Crippen LogP contribution in [0.5, 0.6) is 5.75 Å². The lowest BCUT2D eigenvalue weighted by atomic mass is 10.1. The summed E-state index contributed by atoms with van der Waals surface area (Å²) in [4.78, 5) is 13.1. The van der Waals surface area contributed by atoms with Crippen molar-refractivity contribution in [2.24, 2.45) is 0 Å². The van der Waals surface area contributed by atoms with E-state index in [0.29, 0.717) is 19.6 Å². The lowest BCUT2D eigenvalue weighted by Crippen LogP contribution is -2.25. The van der Waals surface area contributed by atoms with Gasteiger partial charge in [-0.25, -0.2) is 0 Å². The van der Waals surface area contributed by atoms with Crippen molar-refractivity contribution in [2.45, 2.75) is 38.0 Å². The van der Waals surface area contributed by atoms with Crippen molar-refractivity contribution in [1.82, 2.24) is 5.32 Å². The van der Waals surface area contributed by atoms with Gasteiger partial charge in [0.1, 0.15) is 5.75 Å². The molecule has 0 fully saturated rings. The fourth-order valence-electron chi connectivity index (χ4n) is 2.50. The number of amides is 1. The summed E-state index contributed by atoms with van der Waals surface area (Å²) in [5.74, 6) is 1.88. The Morgan fingerprint density at radius 3 is 2.64 bits per heavy atom. The first-order chi connectivity index (χ1) is 12.2. The summed E-state index contributed by atoms with van der Waals surface area (Å²) >= 11 is 1.72. The maximum Gasteiger partial charge on any atom is 0.220 e. The number of aryl methyl sites for hydroxylation is 2. The molecule has 0 saturated heterocycles. The molecule has 3 nitrogen and oxygen atoms in total. The molecule has 0 aromatic heterocycles. The van der Waals surface area contributed by atoms with E-state index in [1.165, 1.54) is 16.0 Å². The molecule has 0 aliphatic heterocycles. The topological polar surface area (TPSA) is 38.3 Å². The Kier molecular flexibility index (Phi) is 8.40. The van der Waals surface area contributed by atoms with Gasteiger partial charge in [0, 0.05) is 23.6 Å². The number of hydrogen-bond donors (Lipinski definition) is 1. The first-order valence-electron chi connectivity index (χ1n) is 8.86. The van der Waals surface area contributed by atoms with Crippen molar-refractivity contribution in [3.8, 4) is 5.75 Å². The molecule has 0 spiro atoms. The van der Waals surface area contributed by atoms with E-state index in [1.54, 1.807) is 11.8 Å². The summed E-state index contributed by atoms with van der Waals surface area (Å²) in [6.45, 7) is 5.45. The largest absolute Gasteiger partial charge is 0.494 e. The van der Waals surface area contributed by atoms with Gasteiger partial charge >= 0.3 is 0 Å². The molecule has 0 radical (unpaired) electrons. The molecule has 0 aliphatic carbocycles. The van der Waals surface area contributed by atoms with Crippen LogP contribution in [0.4, 0.5) is 0 Å². The Labute approximate surface area is 155 Å². The molecular weight excluding hydrogens is 330 g/mol. The van der Waals surface area contributed by atoms with Crippen molar-refractivity contribution in [3.63, 3.8) is 0 Å². The summed E-state index contributed by atoms with van der Waals surface area (Å²) < 4.78 is 5.63. The van der Waals surface area contributed by atoms with E-state index in [4.69, 9.17) is 4.74 Å². The summed E-state index contributed by atoms with van der Waals surface area (Å²) in [6, 6.07) is 16.5. The number of rotatable bonds is 10. The van der Waals surface area contributed by atoms with Gasteiger partial charge in [0.25, 0.3) is 0 Å². The van der Waals surface area contributed by atoms with Gasteiger partial charge in [0.2, 0.25) is 5.91 Å². The highest BCUT2D eigenvalue weighted by Gasteiger charge is 2.04. The number of carbonyl (C=O) groups is 1. The zero-order chi connectivity index (χ0) is 17.9. The minimum atomic E-state index is 0.123. The molecule has 0 saturated carbocycles. The normalized spacial score (nSPS) is 10.5. The maximum absolute atomic E-state index is 11.9. The smallest absolute Gasteiger partial charge is 0.220 e. The molecule has 2 rings (SSSR count). The van der Waals surface area contributed by atoms with Crippen LogP contribution in [0.25, 0.3) is 0 Å². The minimum absolute atomic E-state index is 0.123. The van der Waals surface area contributed by atoms with Crippen LogP contribution >= 0.6 is 11.8 Å². The van der Waals surface area contributed by atoms with Crippen molar-refractivity contribution < 1.29 is 9.53 Å². The number of hydrogen-bond acceptors (Lipinski definition) is 3. The zero-order valence-electron chi connectivity index (χ0n) is 15.1. The molecule has 0 heterocycles. The van der Waals surface area contributed by atoms with Gasteiger partial charge in [-0.15, -0.1) is 11.8 Å². The standard InChI is InChI=1S/C21H27NO2S/c1-3-24-20-9-5-4-7-18(20)8-6-15-22-21(23)14-16-25-19-12-10-17(2)11-13-19/h4-5,7,9-13H,3,6,8,14-16H2,1-2H3,(H,22,23). The summed E-state index contributed by atoms with van der Waals surface area (Å²) in [5.41, 5.74) is 2.46. The Morgan fingerprint density at radius 1 is 1.12 bits per heavy atom. The zero-order valence-corrected chi connectivity index (χ0v) is 15.9. The Hall–Kier alpha value is -1.94. The van der Waals surface area contributed by atoms with E-state index in [-0.39, 0.29) is 5.91 Å². The second kappa shape index (κ2) is 10.8. The minimum Gasteiger partial charge on any atom is -0.494 e. The van der Waals surface area contributed by atoms with E-state index in [1.807, 2.05) is 25.1 Å². The van der Waals surface area contributed by atoms with Gasteiger partial charge in [-0.2, -0.15) is 0 Å². The van der Waals surface area contributed by atoms with Crippen LogP contribution in [-0.2, 0) is 11.2 Å². The molecule has 25 heavy (non-hydrogen) atoms. The van der Waals surface area contributed by atoms with Crippen LogP contribution in [0.2, 0.25) is 0 Å². The average Bonchev–Trinajstić information content (AvgIpc) is 2.62. The van der Waals surface area contributed by atoms with Crippen LogP contribution in [0.3, 0.4) is 0 Å². The van der Waals surface area contributed by atoms with Crippen LogP contribution < -0.4 is 10.1 Å². The molecule has 1 amide bonds. The third-order valence-corrected chi connectivity index (χ3v) is 4.85. The highest BCUT2D eigenvalue weighted by Crippen LogP contribution is 2.20. The summed E-state index contributed by atoms with van der Waals surface area (Å²) in [7, 11) is 0. The molecule has 0 aliphatic rings. The monoisotopic (exact) mass is 357 g/mol. The van der Waals surface area contributed by atoms with E-state index in [0.717, 1.165) is 24.3 Å².